The maximum atomic E-state index is 13.2. The van der Waals surface area contributed by atoms with Crippen LogP contribution in [0.3, 0.4) is 0 Å². The first kappa shape index (κ1) is 23.8. The third-order valence-corrected chi connectivity index (χ3v) is 7.41. The normalized spacial score (nSPS) is 14.0. The van der Waals surface area contributed by atoms with E-state index < -0.39 is 10.0 Å². The Morgan fingerprint density at radius 3 is 2.47 bits per heavy atom. The summed E-state index contributed by atoms with van der Waals surface area (Å²) in [4.78, 5) is 15.3. The number of carbonyl (C=O) groups is 1. The molecular weight excluding hydrogens is 448 g/mol. The number of carbonyl (C=O) groups excluding carboxylic acids is 1. The predicted octanol–water partition coefficient (Wildman–Crippen LogP) is 3.44. The van der Waals surface area contributed by atoms with Gasteiger partial charge in [0.25, 0.3) is 15.9 Å². The minimum atomic E-state index is -3.83. The zero-order valence-electron chi connectivity index (χ0n) is 19.5. The molecule has 0 unspecified atom stereocenters. The van der Waals surface area contributed by atoms with Crippen molar-refractivity contribution in [3.63, 3.8) is 0 Å². The fourth-order valence-corrected chi connectivity index (χ4v) is 5.42. The van der Waals surface area contributed by atoms with Gasteiger partial charge >= 0.3 is 0 Å². The second-order valence-electron chi connectivity index (χ2n) is 8.51. The number of nitrogens with one attached hydrogen (secondary N) is 3. The number of hydrogen-bond donors (Lipinski definition) is 3. The van der Waals surface area contributed by atoms with Crippen LogP contribution in [-0.4, -0.2) is 40.5 Å². The lowest BCUT2D eigenvalue weighted by atomic mass is 10.1. The molecule has 0 atom stereocenters. The van der Waals surface area contributed by atoms with Crippen LogP contribution in [-0.2, 0) is 16.6 Å². The summed E-state index contributed by atoms with van der Waals surface area (Å²) in [6, 6.07) is 20.0. The third-order valence-electron chi connectivity index (χ3n) is 5.88. The van der Waals surface area contributed by atoms with Crippen LogP contribution in [0.15, 0.2) is 71.6 Å². The summed E-state index contributed by atoms with van der Waals surface area (Å²) in [5, 5.41) is 6.24. The number of anilines is 2. The summed E-state index contributed by atoms with van der Waals surface area (Å²) in [6.07, 6.45) is 0. The highest BCUT2D eigenvalue weighted by Gasteiger charge is 2.22. The molecule has 34 heavy (non-hydrogen) atoms. The Labute approximate surface area is 201 Å². The Morgan fingerprint density at radius 1 is 0.971 bits per heavy atom. The van der Waals surface area contributed by atoms with E-state index >= 15 is 0 Å². The van der Waals surface area contributed by atoms with E-state index in [-0.39, 0.29) is 10.8 Å². The van der Waals surface area contributed by atoms with Crippen molar-refractivity contribution in [1.29, 1.82) is 0 Å². The van der Waals surface area contributed by atoms with E-state index in [0.29, 0.717) is 23.4 Å². The van der Waals surface area contributed by atoms with Gasteiger partial charge in [0.05, 0.1) is 16.3 Å². The SMILES string of the molecule is Cc1cccc(CNC(=O)c2ccc(N3CCNCC3)c(NS(=O)(=O)c3ccccc3C)c2)c1. The van der Waals surface area contributed by atoms with Crippen molar-refractivity contribution in [2.75, 3.05) is 35.8 Å². The second-order valence-corrected chi connectivity index (χ2v) is 10.2. The van der Waals surface area contributed by atoms with Crippen LogP contribution >= 0.6 is 0 Å². The summed E-state index contributed by atoms with van der Waals surface area (Å²) in [5.74, 6) is -0.260. The summed E-state index contributed by atoms with van der Waals surface area (Å²) in [7, 11) is -3.83. The van der Waals surface area contributed by atoms with Gasteiger partial charge in [-0.2, -0.15) is 0 Å². The van der Waals surface area contributed by atoms with Crippen LogP contribution in [0.4, 0.5) is 11.4 Å². The molecule has 1 saturated heterocycles. The van der Waals surface area contributed by atoms with E-state index in [1.54, 1.807) is 43.3 Å². The van der Waals surface area contributed by atoms with E-state index in [4.69, 9.17) is 0 Å². The molecule has 0 spiro atoms. The molecule has 0 radical (unpaired) electrons. The summed E-state index contributed by atoms with van der Waals surface area (Å²) in [5.41, 5.74) is 4.34. The standard InChI is InChI=1S/C26H30N4O3S/c1-19-6-5-8-21(16-19)18-28-26(31)22-10-11-24(30-14-12-27-13-15-30)23(17-22)29-34(32,33)25-9-4-3-7-20(25)2/h3-11,16-17,27,29H,12-15,18H2,1-2H3,(H,28,31). The van der Waals surface area contributed by atoms with E-state index in [9.17, 15) is 13.2 Å². The monoisotopic (exact) mass is 478 g/mol. The first-order chi connectivity index (χ1) is 16.3. The van der Waals surface area contributed by atoms with E-state index in [1.807, 2.05) is 37.3 Å². The van der Waals surface area contributed by atoms with Crippen molar-refractivity contribution in [2.24, 2.45) is 0 Å². The number of hydrogen-bond acceptors (Lipinski definition) is 5. The molecule has 1 aliphatic heterocycles. The van der Waals surface area contributed by atoms with Crippen LogP contribution < -0.4 is 20.3 Å². The first-order valence-electron chi connectivity index (χ1n) is 11.4. The molecular formula is C26H30N4O3S. The number of benzene rings is 3. The van der Waals surface area contributed by atoms with Gasteiger partial charge in [-0.3, -0.25) is 9.52 Å². The molecule has 4 rings (SSSR count). The number of rotatable bonds is 7. The Balaban J connectivity index is 1.62. The lowest BCUT2D eigenvalue weighted by Crippen LogP contribution is -2.43. The molecule has 1 amide bonds. The van der Waals surface area contributed by atoms with Gasteiger partial charge < -0.3 is 15.5 Å². The molecule has 1 heterocycles. The topological polar surface area (TPSA) is 90.5 Å². The Bertz CT molecular complexity index is 1280. The van der Waals surface area contributed by atoms with Crippen molar-refractivity contribution in [2.45, 2.75) is 25.3 Å². The zero-order chi connectivity index (χ0) is 24.1. The molecule has 178 valence electrons. The largest absolute Gasteiger partial charge is 0.367 e. The Kier molecular flexibility index (Phi) is 7.19. The molecule has 8 heteroatoms. The predicted molar refractivity (Wildman–Crippen MR) is 136 cm³/mol. The van der Waals surface area contributed by atoms with Crippen molar-refractivity contribution < 1.29 is 13.2 Å². The minimum absolute atomic E-state index is 0.218. The fourth-order valence-electron chi connectivity index (χ4n) is 4.10. The third kappa shape index (κ3) is 5.58. The molecule has 3 aromatic carbocycles. The quantitative estimate of drug-likeness (QED) is 0.484. The minimum Gasteiger partial charge on any atom is -0.367 e. The van der Waals surface area contributed by atoms with E-state index in [0.717, 1.165) is 43.0 Å². The van der Waals surface area contributed by atoms with Gasteiger partial charge in [0.15, 0.2) is 0 Å². The van der Waals surface area contributed by atoms with Gasteiger partial charge in [0.1, 0.15) is 0 Å². The molecule has 0 saturated carbocycles. The lowest BCUT2D eigenvalue weighted by molar-refractivity contribution is 0.0951. The van der Waals surface area contributed by atoms with Crippen LogP contribution in [0.1, 0.15) is 27.0 Å². The van der Waals surface area contributed by atoms with Crippen LogP contribution in [0.2, 0.25) is 0 Å². The molecule has 3 N–H and O–H groups in total. The Morgan fingerprint density at radius 2 is 1.74 bits per heavy atom. The Hall–Kier alpha value is -3.36. The highest BCUT2D eigenvalue weighted by Crippen LogP contribution is 2.30. The van der Waals surface area contributed by atoms with Crippen molar-refractivity contribution in [3.8, 4) is 0 Å². The van der Waals surface area contributed by atoms with Crippen molar-refractivity contribution >= 4 is 27.3 Å². The van der Waals surface area contributed by atoms with Crippen molar-refractivity contribution in [3.05, 3.63) is 89.0 Å². The molecule has 0 aliphatic carbocycles. The van der Waals surface area contributed by atoms with Crippen LogP contribution in [0.5, 0.6) is 0 Å². The maximum absolute atomic E-state index is 13.2. The molecule has 0 bridgehead atoms. The average molecular weight is 479 g/mol. The van der Waals surface area contributed by atoms with Gasteiger partial charge in [-0.1, -0.05) is 48.0 Å². The number of sulfonamides is 1. The average Bonchev–Trinajstić information content (AvgIpc) is 2.83. The van der Waals surface area contributed by atoms with E-state index in [1.165, 1.54) is 0 Å². The maximum Gasteiger partial charge on any atom is 0.262 e. The highest BCUT2D eigenvalue weighted by atomic mass is 32.2. The van der Waals surface area contributed by atoms with E-state index in [2.05, 4.69) is 20.3 Å². The van der Waals surface area contributed by atoms with Gasteiger partial charge in [0, 0.05) is 38.3 Å². The summed E-state index contributed by atoms with van der Waals surface area (Å²) < 4.78 is 29.2. The van der Waals surface area contributed by atoms with Crippen LogP contribution in [0.25, 0.3) is 0 Å². The molecule has 3 aromatic rings. The highest BCUT2D eigenvalue weighted by molar-refractivity contribution is 7.92. The first-order valence-corrected chi connectivity index (χ1v) is 12.8. The van der Waals surface area contributed by atoms with Gasteiger partial charge in [-0.15, -0.1) is 0 Å². The zero-order valence-corrected chi connectivity index (χ0v) is 20.3. The van der Waals surface area contributed by atoms with Crippen LogP contribution in [0, 0.1) is 13.8 Å². The fraction of sp³-hybridized carbons (Fsp3) is 0.269. The molecule has 1 aliphatic rings. The number of aryl methyl sites for hydroxylation is 2. The number of piperazine rings is 1. The van der Waals surface area contributed by atoms with Gasteiger partial charge in [-0.05, 0) is 49.2 Å². The lowest BCUT2D eigenvalue weighted by Gasteiger charge is -2.31. The van der Waals surface area contributed by atoms with Crippen molar-refractivity contribution in [1.82, 2.24) is 10.6 Å². The molecule has 7 nitrogen and oxygen atoms in total. The summed E-state index contributed by atoms with van der Waals surface area (Å²) in [6.45, 7) is 7.28. The number of nitrogens with zero attached hydrogens (tertiary/aromatic N) is 1. The summed E-state index contributed by atoms with van der Waals surface area (Å²) >= 11 is 0. The second kappa shape index (κ2) is 10.3. The molecule has 0 aromatic heterocycles. The number of amides is 1. The van der Waals surface area contributed by atoms with Gasteiger partial charge in [-0.25, -0.2) is 8.42 Å². The smallest absolute Gasteiger partial charge is 0.262 e. The van der Waals surface area contributed by atoms with Gasteiger partial charge in [0.2, 0.25) is 0 Å². The molecule has 1 fully saturated rings.